The first-order valence-electron chi connectivity index (χ1n) is 7.76. The van der Waals surface area contributed by atoms with E-state index in [0.717, 1.165) is 0 Å². The standard InChI is InChI=1S/C16H17N3O6/c1-23-13-12(21)11(7-20)25-15(13)19-6-10-14(18-16(19)22)17-8-4-2-3-5-9(8)24-10/h2-6,11-13,15,20-21H,7H2,1H3,(H,17,18,22)/t11-,12+,13?,15-/m1/s1. The van der Waals surface area contributed by atoms with E-state index in [0.29, 0.717) is 23.0 Å². The van der Waals surface area contributed by atoms with E-state index in [2.05, 4.69) is 10.3 Å². The third kappa shape index (κ3) is 2.57. The van der Waals surface area contributed by atoms with Crippen LogP contribution in [0.25, 0.3) is 0 Å². The molecule has 0 aliphatic carbocycles. The van der Waals surface area contributed by atoms with E-state index < -0.39 is 36.8 Å². The predicted octanol–water partition coefficient (Wildman–Crippen LogP) is 0.358. The molecule has 0 radical (unpaired) electrons. The van der Waals surface area contributed by atoms with Crippen molar-refractivity contribution in [2.24, 2.45) is 0 Å². The minimum atomic E-state index is -1.07. The smallest absolute Gasteiger partial charge is 0.351 e. The van der Waals surface area contributed by atoms with Crippen molar-refractivity contribution in [3.8, 4) is 11.5 Å². The molecule has 3 heterocycles. The average Bonchev–Trinajstić information content (AvgIpc) is 2.95. The quantitative estimate of drug-likeness (QED) is 0.622. The van der Waals surface area contributed by atoms with Gasteiger partial charge < -0.3 is 29.7 Å². The summed E-state index contributed by atoms with van der Waals surface area (Å²) in [5.74, 6) is 1.25. The number of aromatic nitrogens is 2. The Labute approximate surface area is 142 Å². The summed E-state index contributed by atoms with van der Waals surface area (Å²) in [6.07, 6.45) is -2.21. The highest BCUT2D eigenvalue weighted by Gasteiger charge is 2.45. The molecule has 0 amide bonds. The van der Waals surface area contributed by atoms with Crippen LogP contribution in [0.5, 0.6) is 11.5 Å². The van der Waals surface area contributed by atoms with Gasteiger partial charge in [0.1, 0.15) is 18.3 Å². The summed E-state index contributed by atoms with van der Waals surface area (Å²) in [5, 5.41) is 22.5. The number of rotatable bonds is 3. The molecule has 4 atom stereocenters. The SMILES string of the molecule is COC1[C@@H](O)[C@@H](CO)O[C@H]1n1cc2c(nc1=O)Nc1ccccc1O2. The van der Waals surface area contributed by atoms with Gasteiger partial charge in [-0.25, -0.2) is 4.79 Å². The molecule has 0 saturated carbocycles. The van der Waals surface area contributed by atoms with Gasteiger partial charge in [-0.2, -0.15) is 4.98 Å². The number of hydrogen-bond donors (Lipinski definition) is 3. The summed E-state index contributed by atoms with van der Waals surface area (Å²) < 4.78 is 17.8. The van der Waals surface area contributed by atoms with Gasteiger partial charge in [0.15, 0.2) is 23.5 Å². The van der Waals surface area contributed by atoms with Crippen LogP contribution in [0.3, 0.4) is 0 Å². The van der Waals surface area contributed by atoms with Gasteiger partial charge in [-0.15, -0.1) is 0 Å². The van der Waals surface area contributed by atoms with E-state index in [1.54, 1.807) is 6.07 Å². The van der Waals surface area contributed by atoms with Gasteiger partial charge in [0.05, 0.1) is 18.5 Å². The normalized spacial score (nSPS) is 27.2. The van der Waals surface area contributed by atoms with E-state index >= 15 is 0 Å². The van der Waals surface area contributed by atoms with Crippen molar-refractivity contribution in [3.63, 3.8) is 0 Å². The third-order valence-electron chi connectivity index (χ3n) is 4.32. The lowest BCUT2D eigenvalue weighted by molar-refractivity contribution is -0.0626. The number of anilines is 2. The topological polar surface area (TPSA) is 115 Å². The van der Waals surface area contributed by atoms with Gasteiger partial charge in [-0.05, 0) is 12.1 Å². The molecule has 1 saturated heterocycles. The molecule has 132 valence electrons. The first kappa shape index (κ1) is 16.0. The lowest BCUT2D eigenvalue weighted by Crippen LogP contribution is -2.37. The van der Waals surface area contributed by atoms with Crippen LogP contribution in [0.1, 0.15) is 6.23 Å². The molecule has 9 nitrogen and oxygen atoms in total. The van der Waals surface area contributed by atoms with Crippen LogP contribution < -0.4 is 15.7 Å². The number of fused-ring (bicyclic) bond motifs is 2. The average molecular weight is 347 g/mol. The Bertz CT molecular complexity index is 854. The molecule has 2 aliphatic heterocycles. The number of hydrogen-bond acceptors (Lipinski definition) is 8. The zero-order valence-electron chi connectivity index (χ0n) is 13.3. The highest BCUT2D eigenvalue weighted by Crippen LogP contribution is 2.40. The number of aliphatic hydroxyl groups is 2. The van der Waals surface area contributed by atoms with Crippen molar-refractivity contribution in [2.75, 3.05) is 19.0 Å². The van der Waals surface area contributed by atoms with Crippen LogP contribution >= 0.6 is 0 Å². The second kappa shape index (κ2) is 6.12. The molecule has 2 aliphatic rings. The first-order chi connectivity index (χ1) is 12.1. The molecular formula is C16H17N3O6. The molecule has 1 aromatic heterocycles. The Morgan fingerprint density at radius 1 is 1.36 bits per heavy atom. The van der Waals surface area contributed by atoms with Gasteiger partial charge in [0.25, 0.3) is 0 Å². The van der Waals surface area contributed by atoms with Crippen LogP contribution in [-0.4, -0.2) is 51.8 Å². The molecule has 1 unspecified atom stereocenters. The zero-order valence-corrected chi connectivity index (χ0v) is 13.3. The van der Waals surface area contributed by atoms with Gasteiger partial charge in [0, 0.05) is 7.11 Å². The molecule has 0 bridgehead atoms. The lowest BCUT2D eigenvalue weighted by atomic mass is 10.1. The number of nitrogens with zero attached hydrogens (tertiary/aromatic N) is 2. The fourth-order valence-electron chi connectivity index (χ4n) is 3.05. The number of benzene rings is 1. The monoisotopic (exact) mass is 347 g/mol. The summed E-state index contributed by atoms with van der Waals surface area (Å²) >= 11 is 0. The molecule has 1 aromatic carbocycles. The molecule has 4 rings (SSSR count). The second-order valence-electron chi connectivity index (χ2n) is 5.81. The van der Waals surface area contributed by atoms with Gasteiger partial charge in [0.2, 0.25) is 0 Å². The maximum atomic E-state index is 12.4. The van der Waals surface area contributed by atoms with Crippen molar-refractivity contribution in [1.82, 2.24) is 9.55 Å². The Kier molecular flexibility index (Phi) is 3.92. The van der Waals surface area contributed by atoms with E-state index in [9.17, 15) is 15.0 Å². The summed E-state index contributed by atoms with van der Waals surface area (Å²) in [4.78, 5) is 16.4. The van der Waals surface area contributed by atoms with Crippen LogP contribution in [0.15, 0.2) is 35.3 Å². The third-order valence-corrected chi connectivity index (χ3v) is 4.32. The summed E-state index contributed by atoms with van der Waals surface area (Å²) in [5.41, 5.74) is 0.120. The molecular weight excluding hydrogens is 330 g/mol. The largest absolute Gasteiger partial charge is 0.450 e. The Hall–Kier alpha value is -2.46. The minimum Gasteiger partial charge on any atom is -0.450 e. The molecule has 1 fully saturated rings. The van der Waals surface area contributed by atoms with E-state index in [-0.39, 0.29) is 0 Å². The molecule has 3 N–H and O–H groups in total. The highest BCUT2D eigenvalue weighted by molar-refractivity contribution is 5.72. The first-order valence-corrected chi connectivity index (χ1v) is 7.76. The zero-order chi connectivity index (χ0) is 17.6. The van der Waals surface area contributed by atoms with E-state index in [1.165, 1.54) is 17.9 Å². The molecule has 9 heteroatoms. The van der Waals surface area contributed by atoms with E-state index in [1.807, 2.05) is 18.2 Å². The fraction of sp³-hybridized carbons (Fsp3) is 0.375. The maximum Gasteiger partial charge on any atom is 0.351 e. The predicted molar refractivity (Wildman–Crippen MR) is 86.1 cm³/mol. The number of methoxy groups -OCH3 is 1. The summed E-state index contributed by atoms with van der Waals surface area (Å²) in [6, 6.07) is 7.27. The van der Waals surface area contributed by atoms with Crippen LogP contribution in [0.4, 0.5) is 11.5 Å². The van der Waals surface area contributed by atoms with Crippen molar-refractivity contribution in [3.05, 3.63) is 40.9 Å². The lowest BCUT2D eigenvalue weighted by Gasteiger charge is -2.24. The Morgan fingerprint density at radius 3 is 2.92 bits per heavy atom. The van der Waals surface area contributed by atoms with Crippen molar-refractivity contribution >= 4 is 11.5 Å². The van der Waals surface area contributed by atoms with Gasteiger partial charge in [-0.3, -0.25) is 4.57 Å². The summed E-state index contributed by atoms with van der Waals surface area (Å²) in [6.45, 7) is -0.393. The van der Waals surface area contributed by atoms with Gasteiger partial charge >= 0.3 is 5.69 Å². The van der Waals surface area contributed by atoms with Crippen LogP contribution in [0, 0.1) is 0 Å². The Balaban J connectivity index is 1.72. The fourth-order valence-corrected chi connectivity index (χ4v) is 3.05. The molecule has 25 heavy (non-hydrogen) atoms. The van der Waals surface area contributed by atoms with Gasteiger partial charge in [-0.1, -0.05) is 12.1 Å². The number of nitrogens with one attached hydrogen (secondary N) is 1. The van der Waals surface area contributed by atoms with Crippen molar-refractivity contribution in [1.29, 1.82) is 0 Å². The van der Waals surface area contributed by atoms with E-state index in [4.69, 9.17) is 14.2 Å². The molecule has 2 aromatic rings. The highest BCUT2D eigenvalue weighted by atomic mass is 16.6. The number of ether oxygens (including phenoxy) is 3. The van der Waals surface area contributed by atoms with Crippen LogP contribution in [-0.2, 0) is 9.47 Å². The number of para-hydroxylation sites is 2. The van der Waals surface area contributed by atoms with Crippen molar-refractivity contribution in [2.45, 2.75) is 24.5 Å². The number of aliphatic hydroxyl groups excluding tert-OH is 2. The maximum absolute atomic E-state index is 12.4. The molecule has 0 spiro atoms. The van der Waals surface area contributed by atoms with Crippen LogP contribution in [0.2, 0.25) is 0 Å². The second-order valence-corrected chi connectivity index (χ2v) is 5.81. The minimum absolute atomic E-state index is 0.297. The summed E-state index contributed by atoms with van der Waals surface area (Å²) in [7, 11) is 1.40. The Morgan fingerprint density at radius 2 is 2.16 bits per heavy atom. The van der Waals surface area contributed by atoms with Crippen molar-refractivity contribution < 1.29 is 24.4 Å².